The van der Waals surface area contributed by atoms with Gasteiger partial charge in [-0.05, 0) is 25.8 Å². The van der Waals surface area contributed by atoms with Crippen molar-refractivity contribution in [1.82, 2.24) is 19.8 Å². The first-order chi connectivity index (χ1) is 12.5. The highest BCUT2D eigenvalue weighted by molar-refractivity contribution is 5.92. The maximum absolute atomic E-state index is 12.5. The number of hydrogen-bond acceptors (Lipinski definition) is 6. The summed E-state index contributed by atoms with van der Waals surface area (Å²) < 4.78 is 0. The van der Waals surface area contributed by atoms with Gasteiger partial charge in [0.05, 0.1) is 12.4 Å². The number of H-pyrrole nitrogens is 1. The van der Waals surface area contributed by atoms with Gasteiger partial charge in [-0.25, -0.2) is 0 Å². The number of nitrogens with one attached hydrogen (secondary N) is 1. The fraction of sp³-hybridized carbons (Fsp3) is 0.562. The Morgan fingerprint density at radius 3 is 2.46 bits per heavy atom. The molecule has 0 spiro atoms. The van der Waals surface area contributed by atoms with Crippen LogP contribution in [-0.2, 0) is 9.59 Å². The van der Waals surface area contributed by atoms with Crippen molar-refractivity contribution in [3.63, 3.8) is 0 Å². The number of amides is 1. The minimum absolute atomic E-state index is 0.109. The van der Waals surface area contributed by atoms with Gasteiger partial charge in [-0.1, -0.05) is 6.42 Å². The Hall–Kier alpha value is -2.75. The third kappa shape index (κ3) is 6.28. The highest BCUT2D eigenvalue weighted by atomic mass is 16.3. The molecule has 1 amide bonds. The zero-order chi connectivity index (χ0) is 19.5. The van der Waals surface area contributed by atoms with Crippen molar-refractivity contribution < 1.29 is 24.6 Å². The molecular formula is C16H24N4O6. The molecule has 10 heteroatoms. The molecule has 10 nitrogen and oxygen atoms in total. The van der Waals surface area contributed by atoms with E-state index >= 15 is 0 Å². The molecule has 2 saturated heterocycles. The molecule has 3 N–H and O–H groups in total. The molecule has 3 heterocycles. The second-order valence-electron chi connectivity index (χ2n) is 6.12. The van der Waals surface area contributed by atoms with Gasteiger partial charge >= 0.3 is 0 Å². The minimum Gasteiger partial charge on any atom is -0.483 e. The molecule has 0 aromatic carbocycles. The molecule has 2 aliphatic rings. The number of fused-ring (bicyclic) bond motifs is 3. The lowest BCUT2D eigenvalue weighted by Gasteiger charge is -2.29. The predicted octanol–water partition coefficient (Wildman–Crippen LogP) is -0.272. The first-order valence-electron chi connectivity index (χ1n) is 8.16. The zero-order valence-corrected chi connectivity index (χ0v) is 14.6. The summed E-state index contributed by atoms with van der Waals surface area (Å²) in [4.78, 5) is 51.2. The number of carbonyl (C=O) groups excluding carboxylic acids is 1. The van der Waals surface area contributed by atoms with E-state index in [4.69, 9.17) is 19.8 Å². The van der Waals surface area contributed by atoms with E-state index in [1.165, 1.54) is 25.2 Å². The van der Waals surface area contributed by atoms with Gasteiger partial charge in [-0.2, -0.15) is 0 Å². The monoisotopic (exact) mass is 368 g/mol. The minimum atomic E-state index is -0.331. The topological polar surface area (TPSA) is 144 Å². The van der Waals surface area contributed by atoms with E-state index in [9.17, 15) is 9.59 Å². The van der Waals surface area contributed by atoms with Crippen molar-refractivity contribution in [2.75, 3.05) is 26.7 Å². The van der Waals surface area contributed by atoms with Crippen molar-refractivity contribution in [1.29, 1.82) is 0 Å². The number of carboxylic acid groups (broad SMARTS) is 2. The van der Waals surface area contributed by atoms with Crippen LogP contribution in [-0.4, -0.2) is 81.6 Å². The maximum Gasteiger partial charge on any atom is 0.290 e. The van der Waals surface area contributed by atoms with E-state index in [-0.39, 0.29) is 24.4 Å². The molecule has 2 fully saturated rings. The van der Waals surface area contributed by atoms with Crippen LogP contribution in [0.15, 0.2) is 17.2 Å². The number of nitrogens with zero attached hydrogens (tertiary/aromatic N) is 3. The summed E-state index contributed by atoms with van der Waals surface area (Å²) in [5.74, 6) is 0.419. The van der Waals surface area contributed by atoms with Gasteiger partial charge in [0, 0.05) is 25.7 Å². The highest BCUT2D eigenvalue weighted by Crippen LogP contribution is 2.26. The summed E-state index contributed by atoms with van der Waals surface area (Å²) in [6, 6.07) is 0.426. The van der Waals surface area contributed by atoms with Crippen LogP contribution in [0.5, 0.6) is 0 Å². The third-order valence-corrected chi connectivity index (χ3v) is 4.40. The van der Waals surface area contributed by atoms with Crippen molar-refractivity contribution >= 4 is 18.9 Å². The van der Waals surface area contributed by atoms with Crippen molar-refractivity contribution in [2.45, 2.75) is 25.3 Å². The quantitative estimate of drug-likeness (QED) is 0.575. The first-order valence-corrected chi connectivity index (χ1v) is 8.16. The Kier molecular flexibility index (Phi) is 8.99. The number of hydrogen-bond donors (Lipinski definition) is 3. The van der Waals surface area contributed by atoms with Crippen LogP contribution in [0, 0.1) is 5.92 Å². The third-order valence-electron chi connectivity index (χ3n) is 4.40. The van der Waals surface area contributed by atoms with E-state index in [0.29, 0.717) is 17.7 Å². The standard InChI is InChI=1S/C14H20N4O2.2CH2O2/c1-17-7-10-3-2-4-11(17)9-18(8-10)14(20)12-5-15-6-13(19)16-12;2*2-1-3/h5-6,10-11H,2-4,7-9H2,1H3,(H,16,19);2*1H,(H,2,3)/t10-,11-;;/m0../s1. The Labute approximate surface area is 150 Å². The molecule has 2 bridgehead atoms. The lowest BCUT2D eigenvalue weighted by molar-refractivity contribution is -0.123. The summed E-state index contributed by atoms with van der Waals surface area (Å²) in [6.45, 7) is 2.07. The van der Waals surface area contributed by atoms with Crippen LogP contribution in [0.25, 0.3) is 0 Å². The Morgan fingerprint density at radius 2 is 1.85 bits per heavy atom. The predicted molar refractivity (Wildman–Crippen MR) is 91.9 cm³/mol. The van der Waals surface area contributed by atoms with Crippen LogP contribution in [0.4, 0.5) is 0 Å². The van der Waals surface area contributed by atoms with E-state index in [2.05, 4.69) is 21.9 Å². The van der Waals surface area contributed by atoms with Gasteiger partial charge in [-0.15, -0.1) is 0 Å². The maximum atomic E-state index is 12.5. The molecule has 26 heavy (non-hydrogen) atoms. The molecule has 2 atom stereocenters. The summed E-state index contributed by atoms with van der Waals surface area (Å²) in [6.07, 6.45) is 6.18. The fourth-order valence-electron chi connectivity index (χ4n) is 3.35. The van der Waals surface area contributed by atoms with Crippen LogP contribution in [0.3, 0.4) is 0 Å². The van der Waals surface area contributed by atoms with E-state index in [1.54, 1.807) is 0 Å². The number of aromatic amines is 1. The average molecular weight is 368 g/mol. The molecule has 0 saturated carbocycles. The smallest absolute Gasteiger partial charge is 0.290 e. The van der Waals surface area contributed by atoms with Crippen LogP contribution in [0.2, 0.25) is 0 Å². The summed E-state index contributed by atoms with van der Waals surface area (Å²) in [5.41, 5.74) is -0.0388. The number of likely N-dealkylation sites (N-methyl/N-ethyl adjacent to an activating group) is 1. The van der Waals surface area contributed by atoms with Crippen molar-refractivity contribution in [2.24, 2.45) is 5.92 Å². The summed E-state index contributed by atoms with van der Waals surface area (Å²) >= 11 is 0. The Balaban J connectivity index is 0.000000499. The number of rotatable bonds is 1. The average Bonchev–Trinajstić information content (AvgIpc) is 2.84. The number of aromatic nitrogens is 2. The molecule has 0 radical (unpaired) electrons. The second kappa shape index (κ2) is 11.0. The van der Waals surface area contributed by atoms with Crippen LogP contribution < -0.4 is 5.56 Å². The van der Waals surface area contributed by atoms with Crippen molar-refractivity contribution in [3.05, 3.63) is 28.4 Å². The molecule has 2 aliphatic heterocycles. The SMILES string of the molecule is CN1C[C@@H]2CCC[C@H]1CN(C(=O)c1cncc(=O)[nH]1)C2.O=CO.O=CO. The largest absolute Gasteiger partial charge is 0.483 e. The molecular weight excluding hydrogens is 344 g/mol. The summed E-state index contributed by atoms with van der Waals surface area (Å²) in [7, 11) is 2.14. The van der Waals surface area contributed by atoms with Crippen molar-refractivity contribution in [3.8, 4) is 0 Å². The molecule has 0 unspecified atom stereocenters. The number of carbonyl (C=O) groups is 3. The van der Waals surface area contributed by atoms with Crippen LogP contribution >= 0.6 is 0 Å². The van der Waals surface area contributed by atoms with Crippen LogP contribution in [0.1, 0.15) is 29.8 Å². The van der Waals surface area contributed by atoms with Gasteiger partial charge < -0.3 is 25.0 Å². The van der Waals surface area contributed by atoms with E-state index < -0.39 is 0 Å². The zero-order valence-electron chi connectivity index (χ0n) is 14.6. The van der Waals surface area contributed by atoms with Gasteiger partial charge in [0.25, 0.3) is 24.4 Å². The molecule has 1 aromatic rings. The fourth-order valence-corrected chi connectivity index (χ4v) is 3.35. The normalized spacial score (nSPS) is 21.8. The molecule has 144 valence electrons. The van der Waals surface area contributed by atoms with Gasteiger partial charge in [0.1, 0.15) is 5.69 Å². The van der Waals surface area contributed by atoms with Gasteiger partial charge in [0.2, 0.25) is 0 Å². The molecule has 3 rings (SSSR count). The van der Waals surface area contributed by atoms with E-state index in [0.717, 1.165) is 26.1 Å². The molecule has 0 aliphatic carbocycles. The second-order valence-corrected chi connectivity index (χ2v) is 6.12. The summed E-state index contributed by atoms with van der Waals surface area (Å²) in [5, 5.41) is 13.8. The van der Waals surface area contributed by atoms with Gasteiger partial charge in [-0.3, -0.25) is 24.2 Å². The molecule has 1 aromatic heterocycles. The Morgan fingerprint density at radius 1 is 1.19 bits per heavy atom. The Bertz CT molecular complexity index is 644. The first kappa shape index (κ1) is 21.3. The van der Waals surface area contributed by atoms with Gasteiger partial charge in [0.15, 0.2) is 0 Å². The highest BCUT2D eigenvalue weighted by Gasteiger charge is 2.33. The number of likely N-dealkylation sites (tertiary alicyclic amines) is 1. The van der Waals surface area contributed by atoms with E-state index in [1.807, 2.05) is 4.90 Å². The lowest BCUT2D eigenvalue weighted by Crippen LogP contribution is -2.42. The lowest BCUT2D eigenvalue weighted by atomic mass is 9.99.